The number of piperidine rings is 1. The van der Waals surface area contributed by atoms with Crippen molar-refractivity contribution in [1.29, 1.82) is 0 Å². The van der Waals surface area contributed by atoms with E-state index in [1.54, 1.807) is 18.3 Å². The number of sulfone groups is 1. The molecule has 162 valence electrons. The number of hydrogen-bond acceptors (Lipinski definition) is 6. The molecular weight excluding hydrogens is 408 g/mol. The monoisotopic (exact) mass is 434 g/mol. The minimum absolute atomic E-state index is 0.0206. The van der Waals surface area contributed by atoms with Gasteiger partial charge in [-0.15, -0.1) is 0 Å². The third-order valence-electron chi connectivity index (χ3n) is 5.31. The second-order valence-electron chi connectivity index (χ2n) is 7.70. The van der Waals surface area contributed by atoms with Gasteiger partial charge in [-0.05, 0) is 49.4 Å². The van der Waals surface area contributed by atoms with Crippen LogP contribution < -0.4 is 0 Å². The average Bonchev–Trinajstić information content (AvgIpc) is 3.19. The Kier molecular flexibility index (Phi) is 6.91. The SMILES string of the molecule is CS(=O)(=O)c1ccc(-c2cnc(CCC(=O)N3CCCC(CCC(=O)O)C3)o2)cc1. The summed E-state index contributed by atoms with van der Waals surface area (Å²) in [6.45, 7) is 1.31. The number of amides is 1. The first-order chi connectivity index (χ1) is 14.2. The summed E-state index contributed by atoms with van der Waals surface area (Å²) in [4.78, 5) is 29.6. The van der Waals surface area contributed by atoms with Crippen molar-refractivity contribution >= 4 is 21.7 Å². The molecule has 0 bridgehead atoms. The van der Waals surface area contributed by atoms with Crippen LogP contribution >= 0.6 is 0 Å². The number of carboxylic acids is 1. The van der Waals surface area contributed by atoms with Crippen molar-refractivity contribution < 1.29 is 27.5 Å². The van der Waals surface area contributed by atoms with E-state index in [0.717, 1.165) is 19.1 Å². The van der Waals surface area contributed by atoms with Gasteiger partial charge in [0.25, 0.3) is 0 Å². The summed E-state index contributed by atoms with van der Waals surface area (Å²) in [5, 5.41) is 8.84. The summed E-state index contributed by atoms with van der Waals surface area (Å²) >= 11 is 0. The lowest BCUT2D eigenvalue weighted by molar-refractivity contribution is -0.137. The minimum Gasteiger partial charge on any atom is -0.481 e. The Balaban J connectivity index is 1.53. The predicted octanol–water partition coefficient (Wildman–Crippen LogP) is 2.78. The van der Waals surface area contributed by atoms with E-state index in [-0.39, 0.29) is 29.6 Å². The minimum atomic E-state index is -3.25. The van der Waals surface area contributed by atoms with Crippen molar-refractivity contribution in [3.05, 3.63) is 36.4 Å². The molecule has 9 heteroatoms. The van der Waals surface area contributed by atoms with E-state index < -0.39 is 15.8 Å². The molecule has 1 atom stereocenters. The molecule has 3 rings (SSSR count). The maximum atomic E-state index is 12.5. The molecule has 2 aromatic rings. The molecule has 1 unspecified atom stereocenters. The van der Waals surface area contributed by atoms with Crippen LogP contribution in [0.4, 0.5) is 0 Å². The van der Waals surface area contributed by atoms with Gasteiger partial charge in [-0.25, -0.2) is 13.4 Å². The molecule has 1 saturated heterocycles. The second kappa shape index (κ2) is 9.42. The van der Waals surface area contributed by atoms with Gasteiger partial charge in [-0.1, -0.05) is 0 Å². The number of aryl methyl sites for hydroxylation is 1. The van der Waals surface area contributed by atoms with Crippen molar-refractivity contribution in [3.63, 3.8) is 0 Å². The molecule has 1 aromatic heterocycles. The Bertz CT molecular complexity index is 997. The lowest BCUT2D eigenvalue weighted by atomic mass is 9.93. The zero-order valence-corrected chi connectivity index (χ0v) is 17.7. The molecule has 8 nitrogen and oxygen atoms in total. The molecule has 0 aliphatic carbocycles. The first kappa shape index (κ1) is 22.0. The maximum Gasteiger partial charge on any atom is 0.303 e. The van der Waals surface area contributed by atoms with Crippen LogP contribution in [0.5, 0.6) is 0 Å². The number of aliphatic carboxylic acids is 1. The van der Waals surface area contributed by atoms with Gasteiger partial charge in [-0.2, -0.15) is 0 Å². The predicted molar refractivity (Wildman–Crippen MR) is 110 cm³/mol. The number of carboxylic acid groups (broad SMARTS) is 1. The number of oxazole rings is 1. The van der Waals surface area contributed by atoms with Crippen LogP contribution in [0.3, 0.4) is 0 Å². The smallest absolute Gasteiger partial charge is 0.303 e. The zero-order chi connectivity index (χ0) is 21.7. The Labute approximate surface area is 175 Å². The van der Waals surface area contributed by atoms with E-state index in [9.17, 15) is 18.0 Å². The Hall–Kier alpha value is -2.68. The van der Waals surface area contributed by atoms with E-state index in [1.165, 1.54) is 12.1 Å². The maximum absolute atomic E-state index is 12.5. The molecule has 1 aliphatic heterocycles. The second-order valence-corrected chi connectivity index (χ2v) is 9.71. The van der Waals surface area contributed by atoms with Crippen molar-refractivity contribution in [1.82, 2.24) is 9.88 Å². The highest BCUT2D eigenvalue weighted by Crippen LogP contribution is 2.24. The lowest BCUT2D eigenvalue weighted by Crippen LogP contribution is -2.40. The number of hydrogen-bond donors (Lipinski definition) is 1. The summed E-state index contributed by atoms with van der Waals surface area (Å²) in [5.74, 6) is 0.424. The first-order valence-corrected chi connectivity index (χ1v) is 11.9. The number of aromatic nitrogens is 1. The van der Waals surface area contributed by atoms with Crippen LogP contribution in [-0.2, 0) is 25.8 Å². The molecule has 0 spiro atoms. The first-order valence-electron chi connectivity index (χ1n) is 9.97. The standard InChI is InChI=1S/C21H26N2O6S/c1-30(27,28)17-7-5-16(6-8-17)18-13-22-19(29-18)9-10-20(24)23-12-2-3-15(14-23)4-11-21(25)26/h5-8,13,15H,2-4,9-12,14H2,1H3,(H,25,26). The van der Waals surface area contributed by atoms with Gasteiger partial charge in [-0.3, -0.25) is 9.59 Å². The topological polar surface area (TPSA) is 118 Å². The van der Waals surface area contributed by atoms with Crippen LogP contribution in [0.2, 0.25) is 0 Å². The van der Waals surface area contributed by atoms with E-state index in [4.69, 9.17) is 9.52 Å². The number of benzene rings is 1. The van der Waals surface area contributed by atoms with E-state index in [0.29, 0.717) is 43.1 Å². The fraction of sp³-hybridized carbons (Fsp3) is 0.476. The molecule has 2 heterocycles. The van der Waals surface area contributed by atoms with Gasteiger partial charge < -0.3 is 14.4 Å². The van der Waals surface area contributed by atoms with Gasteiger partial charge in [0.1, 0.15) is 0 Å². The van der Waals surface area contributed by atoms with Crippen LogP contribution in [0.1, 0.15) is 38.0 Å². The van der Waals surface area contributed by atoms with Crippen LogP contribution in [0.25, 0.3) is 11.3 Å². The number of nitrogens with zero attached hydrogens (tertiary/aromatic N) is 2. The van der Waals surface area contributed by atoms with Crippen molar-refractivity contribution in [3.8, 4) is 11.3 Å². The van der Waals surface area contributed by atoms with Crippen LogP contribution in [0, 0.1) is 5.92 Å². The zero-order valence-electron chi connectivity index (χ0n) is 16.9. The van der Waals surface area contributed by atoms with Gasteiger partial charge in [0.2, 0.25) is 5.91 Å². The van der Waals surface area contributed by atoms with Crippen molar-refractivity contribution in [2.45, 2.75) is 43.4 Å². The molecule has 1 amide bonds. The average molecular weight is 435 g/mol. The summed E-state index contributed by atoms with van der Waals surface area (Å²) < 4.78 is 28.8. The molecule has 0 saturated carbocycles. The van der Waals surface area contributed by atoms with Gasteiger partial charge >= 0.3 is 5.97 Å². The quantitative estimate of drug-likeness (QED) is 0.679. The highest BCUT2D eigenvalue weighted by molar-refractivity contribution is 7.90. The van der Waals surface area contributed by atoms with Gasteiger partial charge in [0, 0.05) is 44.2 Å². The molecule has 1 aromatic carbocycles. The lowest BCUT2D eigenvalue weighted by Gasteiger charge is -2.32. The fourth-order valence-electron chi connectivity index (χ4n) is 3.65. The highest BCUT2D eigenvalue weighted by atomic mass is 32.2. The normalized spacial score (nSPS) is 17.1. The van der Waals surface area contributed by atoms with Crippen LogP contribution in [0.15, 0.2) is 39.8 Å². The third-order valence-corrected chi connectivity index (χ3v) is 6.44. The number of carbonyl (C=O) groups excluding carboxylic acids is 1. The Morgan fingerprint density at radius 1 is 1.23 bits per heavy atom. The van der Waals surface area contributed by atoms with Crippen LogP contribution in [-0.4, -0.2) is 54.6 Å². The van der Waals surface area contributed by atoms with Gasteiger partial charge in [0.15, 0.2) is 21.5 Å². The van der Waals surface area contributed by atoms with E-state index in [2.05, 4.69) is 4.98 Å². The number of carbonyl (C=O) groups is 2. The molecule has 1 aliphatic rings. The molecule has 1 N–H and O–H groups in total. The van der Waals surface area contributed by atoms with Crippen molar-refractivity contribution in [2.75, 3.05) is 19.3 Å². The van der Waals surface area contributed by atoms with E-state index in [1.807, 2.05) is 4.90 Å². The van der Waals surface area contributed by atoms with Gasteiger partial charge in [0.05, 0.1) is 11.1 Å². The summed E-state index contributed by atoms with van der Waals surface area (Å²) in [5.41, 5.74) is 0.713. The molecular formula is C21H26N2O6S. The number of rotatable bonds is 8. The summed E-state index contributed by atoms with van der Waals surface area (Å²) in [6.07, 6.45) is 5.95. The highest BCUT2D eigenvalue weighted by Gasteiger charge is 2.24. The summed E-state index contributed by atoms with van der Waals surface area (Å²) in [7, 11) is -3.25. The number of likely N-dealkylation sites (tertiary alicyclic amines) is 1. The van der Waals surface area contributed by atoms with Crippen molar-refractivity contribution in [2.24, 2.45) is 5.92 Å². The third kappa shape index (κ3) is 5.91. The Morgan fingerprint density at radius 2 is 1.97 bits per heavy atom. The Morgan fingerprint density at radius 3 is 2.63 bits per heavy atom. The molecule has 30 heavy (non-hydrogen) atoms. The molecule has 0 radical (unpaired) electrons. The fourth-order valence-corrected chi connectivity index (χ4v) is 4.28. The van der Waals surface area contributed by atoms with E-state index >= 15 is 0 Å². The largest absolute Gasteiger partial charge is 0.481 e. The molecule has 1 fully saturated rings. The summed E-state index contributed by atoms with van der Waals surface area (Å²) in [6, 6.07) is 6.37.